The zero-order chi connectivity index (χ0) is 91.6. The van der Waals surface area contributed by atoms with Crippen molar-refractivity contribution in [3.63, 3.8) is 0 Å². The van der Waals surface area contributed by atoms with Crippen molar-refractivity contribution >= 4 is 63.8 Å². The first kappa shape index (κ1) is 99.3. The number of aryl methyl sites for hydroxylation is 1. The second-order valence-electron chi connectivity index (χ2n) is 31.0. The first-order valence-corrected chi connectivity index (χ1v) is 43.4. The molecule has 0 bridgehead atoms. The first-order valence-electron chi connectivity index (χ1n) is 43.4. The summed E-state index contributed by atoms with van der Waals surface area (Å²) < 4.78 is 106. The number of hydrogen-bond donors (Lipinski definition) is 9. The number of carbonyl (C=O) groups excluding carboxylic acids is 6. The molecular formula is C92H116FN7O29. The number of cyclic esters (lactones) is 1. The summed E-state index contributed by atoms with van der Waals surface area (Å²) in [6, 6.07) is 20.0. The molecule has 6 aromatic rings. The van der Waals surface area contributed by atoms with Crippen LogP contribution in [0.1, 0.15) is 126 Å². The number of methoxy groups -OCH3 is 1. The number of fused-ring (bicyclic) bond motifs is 7. The van der Waals surface area contributed by atoms with Gasteiger partial charge in [0.1, 0.15) is 49.1 Å². The number of amides is 5. The molecule has 0 saturated carbocycles. The molecule has 2 aromatic heterocycles. The van der Waals surface area contributed by atoms with Crippen LogP contribution in [0.5, 0.6) is 5.75 Å². The van der Waals surface area contributed by atoms with Gasteiger partial charge in [-0.25, -0.2) is 23.8 Å². The molecule has 1 aliphatic carbocycles. The molecule has 36 nitrogen and oxygen atoms in total. The number of hydrogen-bond acceptors (Lipinski definition) is 29. The van der Waals surface area contributed by atoms with Crippen molar-refractivity contribution in [1.82, 2.24) is 30.8 Å². The second kappa shape index (κ2) is 50.7. The average Bonchev–Trinajstić information content (AvgIpc) is 1.59. The molecule has 129 heavy (non-hydrogen) atoms. The van der Waals surface area contributed by atoms with Gasteiger partial charge in [0.15, 0.2) is 11.7 Å². The van der Waals surface area contributed by atoms with Crippen molar-refractivity contribution in [1.29, 1.82) is 0 Å². The summed E-state index contributed by atoms with van der Waals surface area (Å²) in [5.74, 6) is 1.23. The van der Waals surface area contributed by atoms with Crippen LogP contribution in [0.3, 0.4) is 0 Å². The lowest BCUT2D eigenvalue weighted by Crippen LogP contribution is -2.61. The van der Waals surface area contributed by atoms with Gasteiger partial charge in [0.2, 0.25) is 29.9 Å². The Kier molecular flexibility index (Phi) is 39.0. The number of carboxylic acid groups (broad SMARTS) is 1. The molecule has 5 amide bonds. The number of rotatable bonds is 56. The summed E-state index contributed by atoms with van der Waals surface area (Å²) >= 11 is 0. The number of esters is 1. The number of aromatic nitrogens is 2. The van der Waals surface area contributed by atoms with Gasteiger partial charge in [0, 0.05) is 78.7 Å². The monoisotopic (exact) mass is 1800 g/mol. The highest BCUT2D eigenvalue weighted by atomic mass is 19.1. The minimum atomic E-state index is -2.12. The van der Waals surface area contributed by atoms with Gasteiger partial charge in [0.25, 0.3) is 5.56 Å². The first-order chi connectivity index (χ1) is 62.6. The lowest BCUT2D eigenvalue weighted by molar-refractivity contribution is -0.271. The Morgan fingerprint density at radius 3 is 1.85 bits per heavy atom. The molecule has 8 atom stereocenters. The normalized spacial score (nSPS) is 18.4. The van der Waals surface area contributed by atoms with Crippen LogP contribution < -0.4 is 36.5 Å². The quantitative estimate of drug-likeness (QED) is 0.0143. The lowest BCUT2D eigenvalue weighted by Gasteiger charge is -2.38. The minimum absolute atomic E-state index is 0.0146. The maximum absolute atomic E-state index is 15.8. The lowest BCUT2D eigenvalue weighted by atomic mass is 9.81. The number of nitrogens with one attached hydrogen (secondary N) is 4. The van der Waals surface area contributed by atoms with Crippen LogP contribution in [0, 0.1) is 24.6 Å². The molecule has 0 radical (unpaired) electrons. The summed E-state index contributed by atoms with van der Waals surface area (Å²) in [6.45, 7) is 15.3. The number of para-hydroxylation sites is 1. The third kappa shape index (κ3) is 27.6. The highest BCUT2D eigenvalue weighted by molar-refractivity contribution is 5.96. The highest BCUT2D eigenvalue weighted by Gasteiger charge is 2.49. The molecule has 6 heterocycles. The van der Waals surface area contributed by atoms with Gasteiger partial charge < -0.3 is 132 Å². The van der Waals surface area contributed by atoms with E-state index in [1.165, 1.54) is 34.9 Å². The molecule has 0 spiro atoms. The smallest absolute Gasteiger partial charge is 0.407 e. The molecule has 11 rings (SSSR count). The number of aliphatic hydroxyl groups excluding tert-OH is 3. The van der Waals surface area contributed by atoms with Crippen LogP contribution in [0.4, 0.5) is 14.9 Å². The van der Waals surface area contributed by atoms with Gasteiger partial charge in [-0.3, -0.25) is 24.0 Å². The number of carboxylic acids is 1. The van der Waals surface area contributed by atoms with Crippen molar-refractivity contribution in [2.24, 2.45) is 0 Å². The van der Waals surface area contributed by atoms with Gasteiger partial charge in [-0.2, -0.15) is 0 Å². The number of nitrogens with zero attached hydrogens (tertiary/aromatic N) is 3. The van der Waals surface area contributed by atoms with Gasteiger partial charge in [-0.05, 0) is 115 Å². The molecule has 4 aromatic carbocycles. The third-order valence-electron chi connectivity index (χ3n) is 22.2. The Morgan fingerprint density at radius 1 is 0.659 bits per heavy atom. The van der Waals surface area contributed by atoms with Crippen molar-refractivity contribution in [2.45, 2.75) is 146 Å². The number of alkyl carbamates (subject to hydrolysis) is 1. The van der Waals surface area contributed by atoms with Crippen molar-refractivity contribution in [2.75, 3.05) is 177 Å². The van der Waals surface area contributed by atoms with Crippen LogP contribution in [0.25, 0.3) is 27.9 Å². The largest absolute Gasteiger partial charge is 0.479 e. The summed E-state index contributed by atoms with van der Waals surface area (Å²) in [7, 11) is 1.63. The number of benzene rings is 4. The predicted octanol–water partition coefficient (Wildman–Crippen LogP) is 4.56. The Balaban J connectivity index is 0.646. The topological polar surface area (TPSA) is 455 Å². The molecule has 37 heteroatoms. The van der Waals surface area contributed by atoms with E-state index in [1.807, 2.05) is 48.5 Å². The molecule has 4 aliphatic heterocycles. The summed E-state index contributed by atoms with van der Waals surface area (Å²) in [4.78, 5) is 116. The van der Waals surface area contributed by atoms with Gasteiger partial charge in [-0.15, -0.1) is 0 Å². The maximum atomic E-state index is 15.8. The molecule has 0 unspecified atom stereocenters. The SMILES string of the molecule is C=C(CCNC(=O)[C@H](CNC(=O)CCOCCOCCOCCOCCOCCOCCOCCOCCOCCOCCOCCOC)NC(=O)CCCCC(=O)N1Cc2ccccc2C#Cc2ccccc21)c1cc(COC(=O)N[C@H]2CCc3c(C)c(F)cc4nc5c(c2c34)Cn2c-5cc3c(c2=O)COC(=O)[C@]3(O)CC)ccc1O[C@@H]1O[C@H](C(=O)O)[C@@H](O)[C@H](O)[C@H]1O. The number of pyridine rings is 2. The van der Waals surface area contributed by atoms with Gasteiger partial charge in [-0.1, -0.05) is 61.7 Å². The van der Waals surface area contributed by atoms with E-state index in [2.05, 4.69) is 39.7 Å². The van der Waals surface area contributed by atoms with Crippen LogP contribution in [0.15, 0.2) is 90.2 Å². The highest BCUT2D eigenvalue weighted by Crippen LogP contribution is 2.47. The fourth-order valence-corrected chi connectivity index (χ4v) is 15.2. The average molecular weight is 1800 g/mol. The zero-order valence-electron chi connectivity index (χ0n) is 72.9. The Morgan fingerprint density at radius 2 is 1.24 bits per heavy atom. The number of aliphatic carboxylic acids is 1. The van der Waals surface area contributed by atoms with Crippen LogP contribution in [0.2, 0.25) is 0 Å². The molecule has 1 saturated heterocycles. The summed E-state index contributed by atoms with van der Waals surface area (Å²) in [6.07, 6.45) is -10.1. The van der Waals surface area contributed by atoms with E-state index in [1.54, 1.807) is 25.9 Å². The number of anilines is 1. The van der Waals surface area contributed by atoms with E-state index in [-0.39, 0.29) is 155 Å². The number of carbonyl (C=O) groups is 7. The van der Waals surface area contributed by atoms with E-state index in [0.29, 0.717) is 183 Å². The number of halogens is 1. The predicted molar refractivity (Wildman–Crippen MR) is 461 cm³/mol. The molecule has 9 N–H and O–H groups in total. The van der Waals surface area contributed by atoms with E-state index in [0.717, 1.165) is 11.1 Å². The van der Waals surface area contributed by atoms with E-state index < -0.39 is 102 Å². The standard InChI is InChI=1S/C92H116FN7O29/c1-5-92(113)68-51-74-81-66(55-100(74)87(108)67(68)57-126-90(92)111)80-70(22-21-64-59(3)69(93)52-71(97-81)79(64)80)98-91(112)127-56-60-18-23-75(128-89-84(106)82(104)83(105)85(129-89)88(109)110)65(50-60)58(2)24-26-94-86(107)72(96-77(102)16-10-11-17-78(103)99-54-63-14-7-6-12-61(63)19-20-62-13-8-9-15-73(62)99)53-95-76(101)25-27-115-30-31-117-34-35-119-38-39-121-42-43-123-46-47-125-49-48-124-45-44-122-41-40-120-37-36-118-33-32-116-29-28-114-4/h6-9,12-15,18,23,50-52,70,72,82-85,89,104-106,113H,2,5,10-11,16-17,21-22,24-49,53-57H2,1,3-4H3,(H,94,107)(H,95,101)(H,96,102)(H,98,112)(H,109,110)/t70-,72-,82-,83-,84+,85-,89+,92-/m0/s1. The van der Waals surface area contributed by atoms with Crippen molar-refractivity contribution < 1.29 is 139 Å². The summed E-state index contributed by atoms with van der Waals surface area (Å²) in [5, 5.41) is 65.7. The fourth-order valence-electron chi connectivity index (χ4n) is 15.2. The Labute approximate surface area is 745 Å². The van der Waals surface area contributed by atoms with E-state index >= 15 is 4.39 Å². The number of ether oxygens (including phenoxy) is 16. The summed E-state index contributed by atoms with van der Waals surface area (Å²) in [5.41, 5.74) is 4.20. The maximum Gasteiger partial charge on any atom is 0.407 e. The fraction of sp³-hybridized carbons (Fsp3) is 0.533. The van der Waals surface area contributed by atoms with Crippen molar-refractivity contribution in [3.8, 4) is 29.0 Å². The zero-order valence-corrected chi connectivity index (χ0v) is 72.9. The van der Waals surface area contributed by atoms with Crippen LogP contribution in [-0.2, 0) is 138 Å². The van der Waals surface area contributed by atoms with E-state index in [4.69, 9.17) is 80.8 Å². The van der Waals surface area contributed by atoms with Crippen LogP contribution in [-0.4, -0.2) is 286 Å². The Bertz CT molecular complexity index is 4950. The molecular weight excluding hydrogens is 1690 g/mol. The number of aliphatic hydroxyl groups is 4. The number of unbranched alkanes of at least 4 members (excludes halogenated alkanes) is 1. The third-order valence-corrected chi connectivity index (χ3v) is 22.2. The molecule has 700 valence electrons. The van der Waals surface area contributed by atoms with Crippen LogP contribution >= 0.6 is 0 Å². The van der Waals surface area contributed by atoms with Crippen molar-refractivity contribution in [3.05, 3.63) is 163 Å². The Hall–Kier alpha value is -10.3. The van der Waals surface area contributed by atoms with Gasteiger partial charge >= 0.3 is 18.0 Å². The van der Waals surface area contributed by atoms with Gasteiger partial charge in [0.05, 0.1) is 199 Å². The van der Waals surface area contributed by atoms with E-state index in [9.17, 15) is 63.9 Å². The second-order valence-corrected chi connectivity index (χ2v) is 31.0. The molecule has 1 fully saturated rings. The molecule has 5 aliphatic rings. The minimum Gasteiger partial charge on any atom is -0.479 e.